The van der Waals surface area contributed by atoms with Crippen LogP contribution in [0.15, 0.2) is 22.8 Å². The molecule has 1 aromatic heterocycles. The van der Waals surface area contributed by atoms with E-state index in [1.807, 2.05) is 0 Å². The standard InChI is InChI=1S/C12H12BrFN2O2/c1-2-18-12(17)10(15)6-5-16-11-8(14)4-3-7(13)9(6)11/h3-5,10,16H,2,15H2,1H3. The molecular weight excluding hydrogens is 303 g/mol. The number of benzene rings is 1. The molecule has 2 aromatic rings. The zero-order valence-electron chi connectivity index (χ0n) is 9.67. The summed E-state index contributed by atoms with van der Waals surface area (Å²) in [6.45, 7) is 1.96. The molecule has 96 valence electrons. The number of hydrogen-bond acceptors (Lipinski definition) is 3. The number of esters is 1. The maximum Gasteiger partial charge on any atom is 0.327 e. The van der Waals surface area contributed by atoms with Crippen molar-refractivity contribution < 1.29 is 13.9 Å². The number of hydrogen-bond donors (Lipinski definition) is 2. The zero-order chi connectivity index (χ0) is 13.3. The number of carbonyl (C=O) groups is 1. The van der Waals surface area contributed by atoms with Gasteiger partial charge in [-0.15, -0.1) is 0 Å². The highest BCUT2D eigenvalue weighted by molar-refractivity contribution is 9.10. The molecule has 6 heteroatoms. The number of nitrogens with one attached hydrogen (secondary N) is 1. The second kappa shape index (κ2) is 5.07. The van der Waals surface area contributed by atoms with E-state index in [1.165, 1.54) is 12.3 Å². The number of fused-ring (bicyclic) bond motifs is 1. The molecule has 4 nitrogen and oxygen atoms in total. The summed E-state index contributed by atoms with van der Waals surface area (Å²) >= 11 is 3.32. The molecule has 18 heavy (non-hydrogen) atoms. The van der Waals surface area contributed by atoms with Gasteiger partial charge < -0.3 is 15.5 Å². The van der Waals surface area contributed by atoms with Crippen molar-refractivity contribution in [3.63, 3.8) is 0 Å². The van der Waals surface area contributed by atoms with E-state index < -0.39 is 17.8 Å². The summed E-state index contributed by atoms with van der Waals surface area (Å²) in [6, 6.07) is 1.98. The summed E-state index contributed by atoms with van der Waals surface area (Å²) < 4.78 is 19.1. The molecule has 0 aliphatic heterocycles. The Morgan fingerprint density at radius 2 is 2.33 bits per heavy atom. The van der Waals surface area contributed by atoms with E-state index in [9.17, 15) is 9.18 Å². The first-order valence-electron chi connectivity index (χ1n) is 5.43. The van der Waals surface area contributed by atoms with Crippen molar-refractivity contribution in [1.29, 1.82) is 0 Å². The van der Waals surface area contributed by atoms with Crippen molar-refractivity contribution in [1.82, 2.24) is 4.98 Å². The summed E-state index contributed by atoms with van der Waals surface area (Å²) in [6.07, 6.45) is 1.53. The molecular formula is C12H12BrFN2O2. The van der Waals surface area contributed by atoms with Gasteiger partial charge in [-0.3, -0.25) is 0 Å². The Bertz CT molecular complexity index is 597. The van der Waals surface area contributed by atoms with Crippen LogP contribution in [0.5, 0.6) is 0 Å². The number of aromatic nitrogens is 1. The van der Waals surface area contributed by atoms with Gasteiger partial charge in [0.1, 0.15) is 11.9 Å². The number of halogens is 2. The number of ether oxygens (including phenoxy) is 1. The van der Waals surface area contributed by atoms with Crippen molar-refractivity contribution in [2.45, 2.75) is 13.0 Å². The van der Waals surface area contributed by atoms with Gasteiger partial charge in [-0.2, -0.15) is 0 Å². The van der Waals surface area contributed by atoms with Crippen molar-refractivity contribution >= 4 is 32.8 Å². The van der Waals surface area contributed by atoms with E-state index in [0.717, 1.165) is 0 Å². The minimum atomic E-state index is -0.934. The predicted molar refractivity (Wildman–Crippen MR) is 69.5 cm³/mol. The fourth-order valence-electron chi connectivity index (χ4n) is 1.80. The lowest BCUT2D eigenvalue weighted by molar-refractivity contribution is -0.144. The van der Waals surface area contributed by atoms with Gasteiger partial charge in [0.2, 0.25) is 0 Å². The van der Waals surface area contributed by atoms with E-state index in [0.29, 0.717) is 20.9 Å². The molecule has 1 heterocycles. The van der Waals surface area contributed by atoms with Crippen LogP contribution in [-0.2, 0) is 9.53 Å². The van der Waals surface area contributed by atoms with Gasteiger partial charge in [0.05, 0.1) is 12.1 Å². The summed E-state index contributed by atoms with van der Waals surface area (Å²) in [5.41, 5.74) is 6.64. The van der Waals surface area contributed by atoms with Crippen LogP contribution in [0.1, 0.15) is 18.5 Å². The minimum Gasteiger partial charge on any atom is -0.465 e. The fraction of sp³-hybridized carbons (Fsp3) is 0.250. The van der Waals surface area contributed by atoms with E-state index in [2.05, 4.69) is 20.9 Å². The molecule has 1 atom stereocenters. The van der Waals surface area contributed by atoms with E-state index >= 15 is 0 Å². The Kier molecular flexibility index (Phi) is 3.68. The van der Waals surface area contributed by atoms with Gasteiger partial charge in [0.15, 0.2) is 0 Å². The highest BCUT2D eigenvalue weighted by Gasteiger charge is 2.22. The zero-order valence-corrected chi connectivity index (χ0v) is 11.3. The van der Waals surface area contributed by atoms with Crippen LogP contribution in [0.2, 0.25) is 0 Å². The van der Waals surface area contributed by atoms with Crippen LogP contribution in [0.3, 0.4) is 0 Å². The molecule has 1 aromatic carbocycles. The van der Waals surface area contributed by atoms with E-state index in [-0.39, 0.29) is 6.61 Å². The number of aromatic amines is 1. The van der Waals surface area contributed by atoms with Crippen molar-refractivity contribution in [3.8, 4) is 0 Å². The first-order chi connectivity index (χ1) is 8.56. The quantitative estimate of drug-likeness (QED) is 0.856. The number of H-pyrrole nitrogens is 1. The normalized spacial score (nSPS) is 12.7. The average molecular weight is 315 g/mol. The Hall–Kier alpha value is -1.40. The second-order valence-corrected chi connectivity index (χ2v) is 4.61. The molecule has 3 N–H and O–H groups in total. The SMILES string of the molecule is CCOC(=O)C(N)c1c[nH]c2c(F)ccc(Br)c12. The van der Waals surface area contributed by atoms with Gasteiger partial charge in [-0.1, -0.05) is 15.9 Å². The molecule has 0 aliphatic carbocycles. The highest BCUT2D eigenvalue weighted by atomic mass is 79.9. The topological polar surface area (TPSA) is 68.1 Å². The molecule has 0 amide bonds. The molecule has 0 radical (unpaired) electrons. The number of rotatable bonds is 3. The van der Waals surface area contributed by atoms with Gasteiger partial charge in [0, 0.05) is 21.6 Å². The molecule has 2 rings (SSSR count). The van der Waals surface area contributed by atoms with E-state index in [4.69, 9.17) is 10.5 Å². The van der Waals surface area contributed by atoms with Gasteiger partial charge in [0.25, 0.3) is 0 Å². The maximum absolute atomic E-state index is 13.6. The molecule has 0 aliphatic rings. The third kappa shape index (κ3) is 2.13. The molecule has 0 fully saturated rings. The Morgan fingerprint density at radius 3 is 3.00 bits per heavy atom. The van der Waals surface area contributed by atoms with Crippen LogP contribution in [0.25, 0.3) is 10.9 Å². The van der Waals surface area contributed by atoms with Gasteiger partial charge in [-0.05, 0) is 19.1 Å². The van der Waals surface area contributed by atoms with Gasteiger partial charge in [-0.25, -0.2) is 9.18 Å². The Labute approximate surface area is 111 Å². The Morgan fingerprint density at radius 1 is 1.61 bits per heavy atom. The Balaban J connectivity index is 2.52. The molecule has 0 saturated heterocycles. The lowest BCUT2D eigenvalue weighted by atomic mass is 10.1. The maximum atomic E-state index is 13.6. The first kappa shape index (κ1) is 13.0. The number of nitrogens with two attached hydrogens (primary N) is 1. The van der Waals surface area contributed by atoms with E-state index in [1.54, 1.807) is 13.0 Å². The largest absolute Gasteiger partial charge is 0.465 e. The summed E-state index contributed by atoms with van der Waals surface area (Å²) in [5, 5.41) is 0.565. The molecule has 0 bridgehead atoms. The lowest BCUT2D eigenvalue weighted by Gasteiger charge is -2.10. The van der Waals surface area contributed by atoms with Crippen molar-refractivity contribution in [2.75, 3.05) is 6.61 Å². The number of carbonyl (C=O) groups excluding carboxylic acids is 1. The molecule has 0 spiro atoms. The lowest BCUT2D eigenvalue weighted by Crippen LogP contribution is -2.23. The smallest absolute Gasteiger partial charge is 0.327 e. The minimum absolute atomic E-state index is 0.254. The summed E-state index contributed by atoms with van der Waals surface area (Å²) in [5.74, 6) is -0.926. The monoisotopic (exact) mass is 314 g/mol. The second-order valence-electron chi connectivity index (χ2n) is 3.75. The van der Waals surface area contributed by atoms with Crippen molar-refractivity contribution in [3.05, 3.63) is 34.2 Å². The third-order valence-corrected chi connectivity index (χ3v) is 3.30. The van der Waals surface area contributed by atoms with Crippen LogP contribution >= 0.6 is 15.9 Å². The fourth-order valence-corrected chi connectivity index (χ4v) is 2.36. The van der Waals surface area contributed by atoms with Crippen LogP contribution in [0, 0.1) is 5.82 Å². The molecule has 1 unspecified atom stereocenters. The third-order valence-electron chi connectivity index (χ3n) is 2.64. The summed E-state index contributed by atoms with van der Waals surface area (Å²) in [7, 11) is 0. The highest BCUT2D eigenvalue weighted by Crippen LogP contribution is 2.31. The van der Waals surface area contributed by atoms with Crippen LogP contribution in [-0.4, -0.2) is 17.6 Å². The van der Waals surface area contributed by atoms with Gasteiger partial charge >= 0.3 is 5.97 Å². The average Bonchev–Trinajstić information content (AvgIpc) is 2.79. The van der Waals surface area contributed by atoms with Crippen LogP contribution < -0.4 is 5.73 Å². The predicted octanol–water partition coefficient (Wildman–Crippen LogP) is 2.63. The van der Waals surface area contributed by atoms with Crippen LogP contribution in [0.4, 0.5) is 4.39 Å². The van der Waals surface area contributed by atoms with Crippen molar-refractivity contribution in [2.24, 2.45) is 5.73 Å². The summed E-state index contributed by atoms with van der Waals surface area (Å²) in [4.78, 5) is 14.4. The first-order valence-corrected chi connectivity index (χ1v) is 6.22. The molecule has 0 saturated carbocycles.